The maximum Gasteiger partial charge on any atom is 0.331 e. The molecule has 22 heavy (non-hydrogen) atoms. The minimum absolute atomic E-state index is 0.466. The van der Waals surface area contributed by atoms with E-state index < -0.39 is 24.5 Å². The fraction of sp³-hybridized carbons (Fsp3) is 0.267. The van der Waals surface area contributed by atoms with Gasteiger partial charge in [-0.2, -0.15) is 0 Å². The monoisotopic (exact) mass is 368 g/mol. The largest absolute Gasteiger partial charge is 0.452 e. The Hall–Kier alpha value is -2.15. The van der Waals surface area contributed by atoms with Crippen LogP contribution >= 0.6 is 15.9 Å². The Morgan fingerprint density at radius 3 is 2.68 bits per heavy atom. The number of imide groups is 1. The van der Waals surface area contributed by atoms with Gasteiger partial charge in [-0.25, -0.2) is 9.59 Å². The number of esters is 1. The van der Waals surface area contributed by atoms with Gasteiger partial charge >= 0.3 is 12.0 Å². The molecule has 0 heterocycles. The van der Waals surface area contributed by atoms with E-state index in [1.54, 1.807) is 6.08 Å². The molecule has 0 aromatic heterocycles. The minimum atomic E-state index is -0.684. The lowest BCUT2D eigenvalue weighted by molar-refractivity contribution is -0.143. The number of hydrogen-bond donors (Lipinski definition) is 2. The van der Waals surface area contributed by atoms with Crippen molar-refractivity contribution in [3.05, 3.63) is 40.4 Å². The molecule has 1 rings (SSSR count). The van der Waals surface area contributed by atoms with Gasteiger partial charge in [-0.1, -0.05) is 41.1 Å². The molecule has 118 valence electrons. The maximum absolute atomic E-state index is 11.5. The smallest absolute Gasteiger partial charge is 0.331 e. The van der Waals surface area contributed by atoms with Gasteiger partial charge in [0.15, 0.2) is 6.61 Å². The van der Waals surface area contributed by atoms with Gasteiger partial charge < -0.3 is 10.1 Å². The molecule has 0 aliphatic carbocycles. The molecule has 0 unspecified atom stereocenters. The summed E-state index contributed by atoms with van der Waals surface area (Å²) in [5.74, 6) is -1.35. The van der Waals surface area contributed by atoms with Crippen molar-refractivity contribution in [3.8, 4) is 0 Å². The van der Waals surface area contributed by atoms with Crippen molar-refractivity contribution in [1.29, 1.82) is 0 Å². The average Bonchev–Trinajstić information content (AvgIpc) is 2.50. The summed E-state index contributed by atoms with van der Waals surface area (Å²) >= 11 is 3.34. The second-order valence-electron chi connectivity index (χ2n) is 4.27. The van der Waals surface area contributed by atoms with Crippen LogP contribution in [0, 0.1) is 0 Å². The first-order chi connectivity index (χ1) is 10.5. The Labute approximate surface area is 137 Å². The summed E-state index contributed by atoms with van der Waals surface area (Å²) in [4.78, 5) is 34.1. The minimum Gasteiger partial charge on any atom is -0.452 e. The standard InChI is InChI=1S/C15H17BrN2O4/c1-2-9-17-15(21)18-13(19)10-22-14(20)8-7-11-5-3-4-6-12(11)16/h3-8H,2,9-10H2,1H3,(H2,17,18,19,21)/b8-7+. The molecule has 2 N–H and O–H groups in total. The van der Waals surface area contributed by atoms with Gasteiger partial charge in [-0.05, 0) is 24.1 Å². The van der Waals surface area contributed by atoms with Crippen molar-refractivity contribution in [3.63, 3.8) is 0 Å². The van der Waals surface area contributed by atoms with E-state index in [0.29, 0.717) is 6.54 Å². The zero-order chi connectivity index (χ0) is 16.4. The van der Waals surface area contributed by atoms with Crippen molar-refractivity contribution >= 4 is 39.9 Å². The van der Waals surface area contributed by atoms with Gasteiger partial charge in [0.1, 0.15) is 0 Å². The van der Waals surface area contributed by atoms with Crippen LogP contribution < -0.4 is 10.6 Å². The van der Waals surface area contributed by atoms with Crippen LogP contribution in [0.25, 0.3) is 6.08 Å². The normalized spacial score (nSPS) is 10.3. The number of nitrogens with one attached hydrogen (secondary N) is 2. The molecule has 0 saturated carbocycles. The van der Waals surface area contributed by atoms with Crippen LogP contribution in [-0.4, -0.2) is 31.1 Å². The van der Waals surface area contributed by atoms with Crippen LogP contribution in [0.15, 0.2) is 34.8 Å². The zero-order valence-corrected chi connectivity index (χ0v) is 13.7. The van der Waals surface area contributed by atoms with E-state index in [2.05, 4.69) is 26.6 Å². The van der Waals surface area contributed by atoms with E-state index in [4.69, 9.17) is 4.74 Å². The lowest BCUT2D eigenvalue weighted by atomic mass is 10.2. The second kappa shape index (κ2) is 9.73. The van der Waals surface area contributed by atoms with Crippen LogP contribution in [0.4, 0.5) is 4.79 Å². The van der Waals surface area contributed by atoms with Crippen molar-refractivity contribution in [2.45, 2.75) is 13.3 Å². The quantitative estimate of drug-likeness (QED) is 0.595. The fourth-order valence-electron chi connectivity index (χ4n) is 1.40. The molecule has 0 fully saturated rings. The number of carbonyl (C=O) groups is 3. The summed E-state index contributed by atoms with van der Waals surface area (Å²) in [7, 11) is 0. The third kappa shape index (κ3) is 7.03. The molecule has 1 aromatic carbocycles. The van der Waals surface area contributed by atoms with Gasteiger partial charge in [0.05, 0.1) is 0 Å². The first-order valence-corrected chi connectivity index (χ1v) is 7.49. The SMILES string of the molecule is CCCNC(=O)NC(=O)COC(=O)/C=C/c1ccccc1Br. The Balaban J connectivity index is 2.35. The highest BCUT2D eigenvalue weighted by atomic mass is 79.9. The molecule has 0 bridgehead atoms. The second-order valence-corrected chi connectivity index (χ2v) is 5.12. The lowest BCUT2D eigenvalue weighted by Crippen LogP contribution is -2.41. The van der Waals surface area contributed by atoms with Gasteiger partial charge in [0.2, 0.25) is 0 Å². The highest BCUT2D eigenvalue weighted by molar-refractivity contribution is 9.10. The molecule has 0 saturated heterocycles. The van der Waals surface area contributed by atoms with E-state index >= 15 is 0 Å². The number of urea groups is 1. The van der Waals surface area contributed by atoms with Gasteiger partial charge in [0.25, 0.3) is 5.91 Å². The van der Waals surface area contributed by atoms with Crippen LogP contribution in [0.5, 0.6) is 0 Å². The number of rotatable bonds is 6. The molecular formula is C15H17BrN2O4. The van der Waals surface area contributed by atoms with E-state index in [-0.39, 0.29) is 0 Å². The van der Waals surface area contributed by atoms with Crippen LogP contribution in [0.2, 0.25) is 0 Å². The van der Waals surface area contributed by atoms with Gasteiger partial charge in [-0.3, -0.25) is 10.1 Å². The third-order valence-corrected chi connectivity index (χ3v) is 3.16. The molecule has 0 aliphatic heterocycles. The maximum atomic E-state index is 11.5. The molecule has 3 amide bonds. The third-order valence-electron chi connectivity index (χ3n) is 2.44. The first-order valence-electron chi connectivity index (χ1n) is 6.70. The van der Waals surface area contributed by atoms with E-state index in [9.17, 15) is 14.4 Å². The summed E-state index contributed by atoms with van der Waals surface area (Å²) in [6, 6.07) is 6.74. The molecule has 0 aliphatic rings. The highest BCUT2D eigenvalue weighted by Crippen LogP contribution is 2.16. The average molecular weight is 369 g/mol. The van der Waals surface area contributed by atoms with Gasteiger partial charge in [-0.15, -0.1) is 0 Å². The Kier molecular flexibility index (Phi) is 7.91. The molecule has 0 spiro atoms. The molecule has 7 heteroatoms. The van der Waals surface area contributed by atoms with Crippen molar-refractivity contribution in [2.75, 3.05) is 13.2 Å². The van der Waals surface area contributed by atoms with E-state index in [0.717, 1.165) is 16.5 Å². The van der Waals surface area contributed by atoms with Crippen molar-refractivity contribution in [2.24, 2.45) is 0 Å². The number of halogens is 1. The summed E-state index contributed by atoms with van der Waals surface area (Å²) in [6.45, 7) is 1.84. The highest BCUT2D eigenvalue weighted by Gasteiger charge is 2.08. The summed E-state index contributed by atoms with van der Waals surface area (Å²) in [5.41, 5.74) is 0.808. The zero-order valence-electron chi connectivity index (χ0n) is 12.1. The van der Waals surface area contributed by atoms with Crippen LogP contribution in [-0.2, 0) is 14.3 Å². The van der Waals surface area contributed by atoms with E-state index in [1.165, 1.54) is 6.08 Å². The Morgan fingerprint density at radius 1 is 1.27 bits per heavy atom. The molecule has 0 radical (unpaired) electrons. The topological polar surface area (TPSA) is 84.5 Å². The summed E-state index contributed by atoms with van der Waals surface area (Å²) < 4.78 is 5.58. The van der Waals surface area contributed by atoms with Gasteiger partial charge in [0, 0.05) is 17.1 Å². The lowest BCUT2D eigenvalue weighted by Gasteiger charge is -2.05. The van der Waals surface area contributed by atoms with Crippen molar-refractivity contribution < 1.29 is 19.1 Å². The van der Waals surface area contributed by atoms with Crippen LogP contribution in [0.1, 0.15) is 18.9 Å². The molecule has 1 aromatic rings. The number of carbonyl (C=O) groups excluding carboxylic acids is 3. The first kappa shape index (κ1) is 17.9. The molecular weight excluding hydrogens is 352 g/mol. The fourth-order valence-corrected chi connectivity index (χ4v) is 1.82. The predicted octanol–water partition coefficient (Wildman–Crippen LogP) is 2.24. The van der Waals surface area contributed by atoms with Crippen LogP contribution in [0.3, 0.4) is 0 Å². The number of ether oxygens (including phenoxy) is 1. The Morgan fingerprint density at radius 2 is 2.00 bits per heavy atom. The van der Waals surface area contributed by atoms with Crippen molar-refractivity contribution in [1.82, 2.24) is 10.6 Å². The van der Waals surface area contributed by atoms with E-state index in [1.807, 2.05) is 31.2 Å². The number of hydrogen-bond acceptors (Lipinski definition) is 4. The molecule has 6 nitrogen and oxygen atoms in total. The number of benzene rings is 1. The molecule has 0 atom stereocenters. The summed E-state index contributed by atoms with van der Waals surface area (Å²) in [6.07, 6.45) is 3.54. The number of amides is 3. The Bertz CT molecular complexity index is 572. The predicted molar refractivity (Wildman–Crippen MR) is 86.0 cm³/mol. The summed E-state index contributed by atoms with van der Waals surface area (Å²) in [5, 5.41) is 4.53.